The van der Waals surface area contributed by atoms with Crippen LogP contribution in [0.5, 0.6) is 0 Å². The van der Waals surface area contributed by atoms with Crippen LogP contribution in [0.3, 0.4) is 0 Å². The van der Waals surface area contributed by atoms with E-state index in [1.165, 1.54) is 0 Å². The molecule has 2 heterocycles. The Morgan fingerprint density at radius 1 is 1.03 bits per heavy atom. The highest BCUT2D eigenvalue weighted by atomic mass is 16.3. The number of hydrogen-bond donors (Lipinski definition) is 3. The Hall–Kier alpha value is -3.51. The van der Waals surface area contributed by atoms with Crippen LogP contribution in [-0.4, -0.2) is 26.2 Å². The number of rotatable bonds is 4. The Balaban J connectivity index is 1.66. The van der Waals surface area contributed by atoms with Gasteiger partial charge in [0.1, 0.15) is 0 Å². The first-order chi connectivity index (χ1) is 14.3. The second-order valence-electron chi connectivity index (χ2n) is 7.74. The second-order valence-corrected chi connectivity index (χ2v) is 7.74. The number of carbonyl (C=O) groups excluding carboxylic acids is 1. The summed E-state index contributed by atoms with van der Waals surface area (Å²) in [5.74, 6) is -0.143. The van der Waals surface area contributed by atoms with Gasteiger partial charge in [0.25, 0.3) is 5.91 Å². The molecule has 0 saturated heterocycles. The van der Waals surface area contributed by atoms with Crippen molar-refractivity contribution < 1.29 is 9.90 Å². The highest BCUT2D eigenvalue weighted by Crippen LogP contribution is 2.28. The lowest BCUT2D eigenvalue weighted by atomic mass is 10.0. The monoisotopic (exact) mass is 400 g/mol. The number of H-pyrrole nitrogens is 1. The molecule has 0 radical (unpaired) electrons. The summed E-state index contributed by atoms with van der Waals surface area (Å²) in [4.78, 5) is 17.4. The minimum Gasteiger partial charge on any atom is -0.387 e. The van der Waals surface area contributed by atoms with Gasteiger partial charge in [-0.1, -0.05) is 23.3 Å². The molecule has 1 atom stereocenters. The van der Waals surface area contributed by atoms with Crippen molar-refractivity contribution in [3.63, 3.8) is 0 Å². The summed E-state index contributed by atoms with van der Waals surface area (Å²) < 4.78 is 0. The van der Waals surface area contributed by atoms with E-state index in [2.05, 4.69) is 20.5 Å². The topological polar surface area (TPSA) is 90.9 Å². The third-order valence-corrected chi connectivity index (χ3v) is 5.10. The van der Waals surface area contributed by atoms with Crippen LogP contribution >= 0.6 is 0 Å². The number of aromatic nitrogens is 3. The van der Waals surface area contributed by atoms with E-state index >= 15 is 0 Å². The van der Waals surface area contributed by atoms with Gasteiger partial charge in [0.2, 0.25) is 0 Å². The Kier molecular flexibility index (Phi) is 5.10. The number of fused-ring (bicyclic) bond motifs is 1. The third-order valence-electron chi connectivity index (χ3n) is 5.10. The molecule has 3 N–H and O–H groups in total. The molecule has 0 aliphatic carbocycles. The smallest absolute Gasteiger partial charge is 0.255 e. The van der Waals surface area contributed by atoms with E-state index in [-0.39, 0.29) is 5.91 Å². The maximum absolute atomic E-state index is 12.7. The van der Waals surface area contributed by atoms with Crippen molar-refractivity contribution in [2.75, 3.05) is 5.32 Å². The highest BCUT2D eigenvalue weighted by molar-refractivity contribution is 6.04. The zero-order chi connectivity index (χ0) is 21.4. The summed E-state index contributed by atoms with van der Waals surface area (Å²) in [6.07, 6.45) is -0.670. The minimum atomic E-state index is -0.670. The zero-order valence-corrected chi connectivity index (χ0v) is 17.4. The summed E-state index contributed by atoms with van der Waals surface area (Å²) in [7, 11) is 0. The number of pyridine rings is 1. The van der Waals surface area contributed by atoms with Gasteiger partial charge in [-0.2, -0.15) is 5.10 Å². The number of hydrogen-bond acceptors (Lipinski definition) is 4. The molecule has 6 heteroatoms. The first-order valence-corrected chi connectivity index (χ1v) is 9.85. The fourth-order valence-electron chi connectivity index (χ4n) is 3.68. The van der Waals surface area contributed by atoms with Crippen molar-refractivity contribution in [1.29, 1.82) is 0 Å². The average molecular weight is 400 g/mol. The first-order valence-electron chi connectivity index (χ1n) is 9.85. The van der Waals surface area contributed by atoms with Crippen LogP contribution < -0.4 is 5.32 Å². The highest BCUT2D eigenvalue weighted by Gasteiger charge is 2.14. The zero-order valence-electron chi connectivity index (χ0n) is 17.4. The number of aromatic amines is 1. The Morgan fingerprint density at radius 2 is 1.77 bits per heavy atom. The standard InChI is InChI=1S/C24H24N4O2/c1-13-9-14(2)11-17(10-13)24(30)25-18-6-5-15(3)20(12-18)21-8-7-19-22(16(4)29)27-28-23(19)26-21/h5-12,16,29H,1-4H3,(H,25,30)(H,26,27,28). The van der Waals surface area contributed by atoms with Gasteiger partial charge in [-0.25, -0.2) is 4.98 Å². The van der Waals surface area contributed by atoms with Crippen LogP contribution in [0.15, 0.2) is 48.5 Å². The predicted octanol–water partition coefficient (Wildman–Crippen LogP) is 4.86. The van der Waals surface area contributed by atoms with Gasteiger partial charge in [-0.05, 0) is 69.7 Å². The van der Waals surface area contributed by atoms with Crippen LogP contribution in [0.25, 0.3) is 22.3 Å². The Morgan fingerprint density at radius 3 is 2.47 bits per heavy atom. The van der Waals surface area contributed by atoms with Crippen LogP contribution in [0.1, 0.15) is 45.8 Å². The molecule has 6 nitrogen and oxygen atoms in total. The van der Waals surface area contributed by atoms with E-state index in [0.29, 0.717) is 22.6 Å². The number of nitrogens with zero attached hydrogens (tertiary/aromatic N) is 2. The van der Waals surface area contributed by atoms with Gasteiger partial charge in [0, 0.05) is 22.2 Å². The average Bonchev–Trinajstić information content (AvgIpc) is 3.12. The molecule has 2 aromatic carbocycles. The molecule has 30 heavy (non-hydrogen) atoms. The molecule has 0 bridgehead atoms. The maximum Gasteiger partial charge on any atom is 0.255 e. The molecular weight excluding hydrogens is 376 g/mol. The molecule has 4 aromatic rings. The molecule has 0 aliphatic heterocycles. The number of aryl methyl sites for hydroxylation is 3. The van der Waals surface area contributed by atoms with Crippen LogP contribution in [0.2, 0.25) is 0 Å². The third kappa shape index (κ3) is 3.82. The van der Waals surface area contributed by atoms with Crippen LogP contribution in [0, 0.1) is 20.8 Å². The SMILES string of the molecule is Cc1cc(C)cc(C(=O)Nc2ccc(C)c(-c3ccc4c(C(C)O)n[nH]c4n3)c2)c1. The quantitative estimate of drug-likeness (QED) is 0.456. The van der Waals surface area contributed by atoms with Gasteiger partial charge >= 0.3 is 0 Å². The molecule has 0 fully saturated rings. The first kappa shape index (κ1) is 19.8. The molecule has 2 aromatic heterocycles. The number of aliphatic hydroxyl groups excluding tert-OH is 1. The van der Waals surface area contributed by atoms with E-state index in [1.54, 1.807) is 6.92 Å². The lowest BCUT2D eigenvalue weighted by molar-refractivity contribution is 0.102. The number of benzene rings is 2. The molecule has 4 rings (SSSR count). The van der Waals surface area contributed by atoms with Crippen LogP contribution in [-0.2, 0) is 0 Å². The number of nitrogens with one attached hydrogen (secondary N) is 2. The molecule has 152 valence electrons. The lowest BCUT2D eigenvalue weighted by Crippen LogP contribution is -2.12. The molecular formula is C24H24N4O2. The molecule has 0 saturated carbocycles. The van der Waals surface area contributed by atoms with Crippen LogP contribution in [0.4, 0.5) is 5.69 Å². The second kappa shape index (κ2) is 7.72. The minimum absolute atomic E-state index is 0.143. The van der Waals surface area contributed by atoms with Crippen molar-refractivity contribution in [3.8, 4) is 11.3 Å². The van der Waals surface area contributed by atoms with E-state index in [0.717, 1.165) is 33.3 Å². The van der Waals surface area contributed by atoms with Gasteiger partial charge in [0.05, 0.1) is 17.5 Å². The van der Waals surface area contributed by atoms with Crippen molar-refractivity contribution in [2.45, 2.75) is 33.8 Å². The van der Waals surface area contributed by atoms with Crippen molar-refractivity contribution in [3.05, 3.63) is 76.5 Å². The van der Waals surface area contributed by atoms with Gasteiger partial charge in [0.15, 0.2) is 5.65 Å². The molecule has 0 aliphatic rings. The van der Waals surface area contributed by atoms with Crippen molar-refractivity contribution in [1.82, 2.24) is 15.2 Å². The Bertz CT molecular complexity index is 1240. The van der Waals surface area contributed by atoms with Crippen molar-refractivity contribution in [2.24, 2.45) is 0 Å². The molecule has 1 unspecified atom stereocenters. The summed E-state index contributed by atoms with van der Waals surface area (Å²) in [5, 5.41) is 20.7. The van der Waals surface area contributed by atoms with E-state index < -0.39 is 6.10 Å². The summed E-state index contributed by atoms with van der Waals surface area (Å²) in [6, 6.07) is 15.4. The summed E-state index contributed by atoms with van der Waals surface area (Å²) >= 11 is 0. The van der Waals surface area contributed by atoms with Crippen molar-refractivity contribution >= 4 is 22.6 Å². The van der Waals surface area contributed by atoms with E-state index in [4.69, 9.17) is 0 Å². The fraction of sp³-hybridized carbons (Fsp3) is 0.208. The number of anilines is 1. The summed E-state index contributed by atoms with van der Waals surface area (Å²) in [5.41, 5.74) is 7.38. The number of aliphatic hydroxyl groups is 1. The lowest BCUT2D eigenvalue weighted by Gasteiger charge is -2.11. The Labute approximate surface area is 175 Å². The maximum atomic E-state index is 12.7. The van der Waals surface area contributed by atoms with E-state index in [9.17, 15) is 9.90 Å². The largest absolute Gasteiger partial charge is 0.387 e. The van der Waals surface area contributed by atoms with E-state index in [1.807, 2.05) is 69.3 Å². The van der Waals surface area contributed by atoms with Gasteiger partial charge < -0.3 is 10.4 Å². The normalized spacial score (nSPS) is 12.2. The number of amides is 1. The predicted molar refractivity (Wildman–Crippen MR) is 119 cm³/mol. The van der Waals surface area contributed by atoms with Gasteiger partial charge in [-0.3, -0.25) is 9.89 Å². The molecule has 1 amide bonds. The summed E-state index contributed by atoms with van der Waals surface area (Å²) in [6.45, 7) is 7.64. The van der Waals surface area contributed by atoms with Gasteiger partial charge in [-0.15, -0.1) is 0 Å². The fourth-order valence-corrected chi connectivity index (χ4v) is 3.68. The number of carbonyl (C=O) groups is 1. The molecule has 0 spiro atoms.